The maximum absolute atomic E-state index is 11.2. The number of hydrogen-bond acceptors (Lipinski definition) is 4. The van der Waals surface area contributed by atoms with E-state index in [0.29, 0.717) is 25.6 Å². The van der Waals surface area contributed by atoms with Crippen LogP contribution >= 0.6 is 0 Å². The predicted octanol–water partition coefficient (Wildman–Crippen LogP) is 4.85. The maximum atomic E-state index is 11.2. The fourth-order valence-corrected chi connectivity index (χ4v) is 3.33. The van der Waals surface area contributed by atoms with Gasteiger partial charge in [-0.3, -0.25) is 4.99 Å². The van der Waals surface area contributed by atoms with Crippen LogP contribution in [0.3, 0.4) is 0 Å². The first-order valence-corrected chi connectivity index (χ1v) is 11.3. The molecule has 0 fully saturated rings. The van der Waals surface area contributed by atoms with Crippen molar-refractivity contribution in [3.8, 4) is 5.75 Å². The number of guanidine groups is 1. The van der Waals surface area contributed by atoms with E-state index in [2.05, 4.69) is 27.8 Å². The highest BCUT2D eigenvalue weighted by atomic mass is 16.5. The van der Waals surface area contributed by atoms with Gasteiger partial charge in [0.25, 0.3) is 0 Å². The molecular weight excluding hydrogens is 430 g/mol. The lowest BCUT2D eigenvalue weighted by Crippen LogP contribution is -2.26. The normalized spacial score (nSPS) is 12.1. The monoisotopic (exact) mass is 461 g/mol. The second-order valence-corrected chi connectivity index (χ2v) is 7.61. The summed E-state index contributed by atoms with van der Waals surface area (Å²) in [7, 11) is 1.74. The van der Waals surface area contributed by atoms with Crippen LogP contribution in [0.2, 0.25) is 0 Å². The summed E-state index contributed by atoms with van der Waals surface area (Å²) in [5, 5.41) is 15.7. The Morgan fingerprint density at radius 3 is 2.12 bits per heavy atom. The van der Waals surface area contributed by atoms with Gasteiger partial charge >= 0.3 is 5.97 Å². The third kappa shape index (κ3) is 7.94. The Kier molecular flexibility index (Phi) is 9.49. The standard InChI is InChI=1S/C27H31N3O4/c1-3-33-25(26(31)32)19-21-11-15-24(16-12-21)34-18-17-20-9-13-23(14-10-20)30-27(28-2)29-22-7-5-4-6-8-22/h4-16,25H,3,17-19H2,1-2H3,(H,31,32)(H2,28,29,30). The zero-order valence-corrected chi connectivity index (χ0v) is 19.5. The van der Waals surface area contributed by atoms with Crippen LogP contribution < -0.4 is 15.4 Å². The number of rotatable bonds is 11. The largest absolute Gasteiger partial charge is 0.493 e. The molecule has 0 amide bonds. The van der Waals surface area contributed by atoms with Crippen molar-refractivity contribution in [2.75, 3.05) is 30.9 Å². The Balaban J connectivity index is 1.45. The van der Waals surface area contributed by atoms with Crippen LogP contribution in [0.5, 0.6) is 5.75 Å². The zero-order chi connectivity index (χ0) is 24.2. The van der Waals surface area contributed by atoms with Crippen LogP contribution in [0.25, 0.3) is 0 Å². The van der Waals surface area contributed by atoms with E-state index >= 15 is 0 Å². The number of nitrogens with one attached hydrogen (secondary N) is 2. The van der Waals surface area contributed by atoms with E-state index in [4.69, 9.17) is 9.47 Å². The van der Waals surface area contributed by atoms with E-state index < -0.39 is 12.1 Å². The molecule has 1 unspecified atom stereocenters. The molecule has 0 aliphatic carbocycles. The van der Waals surface area contributed by atoms with E-state index in [9.17, 15) is 9.90 Å². The molecule has 0 saturated carbocycles. The fourth-order valence-electron chi connectivity index (χ4n) is 3.33. The fraction of sp³-hybridized carbons (Fsp3) is 0.259. The Hall–Kier alpha value is -3.84. The highest BCUT2D eigenvalue weighted by Gasteiger charge is 2.17. The van der Waals surface area contributed by atoms with E-state index in [1.807, 2.05) is 66.7 Å². The third-order valence-corrected chi connectivity index (χ3v) is 5.12. The topological polar surface area (TPSA) is 92.2 Å². The Labute approximate surface area is 200 Å². The van der Waals surface area contributed by atoms with Crippen LogP contribution in [-0.2, 0) is 22.4 Å². The molecule has 0 aliphatic rings. The third-order valence-electron chi connectivity index (χ3n) is 5.12. The average molecular weight is 462 g/mol. The summed E-state index contributed by atoms with van der Waals surface area (Å²) in [6, 6.07) is 25.5. The number of anilines is 2. The SMILES string of the molecule is CCOC(Cc1ccc(OCCc2ccc(NC(=NC)Nc3ccccc3)cc2)cc1)C(=O)O. The van der Waals surface area contributed by atoms with Crippen molar-refractivity contribution in [3.05, 3.63) is 90.0 Å². The van der Waals surface area contributed by atoms with Crippen molar-refractivity contribution in [1.82, 2.24) is 0 Å². The summed E-state index contributed by atoms with van der Waals surface area (Å²) in [4.78, 5) is 15.5. The van der Waals surface area contributed by atoms with Crippen LogP contribution in [0, 0.1) is 0 Å². The molecule has 0 radical (unpaired) electrons. The molecule has 0 bridgehead atoms. The van der Waals surface area contributed by atoms with E-state index in [1.54, 1.807) is 14.0 Å². The molecule has 0 heterocycles. The molecule has 0 saturated heterocycles. The molecule has 3 rings (SSSR count). The molecule has 3 aromatic carbocycles. The van der Waals surface area contributed by atoms with Crippen LogP contribution in [-0.4, -0.2) is 43.4 Å². The van der Waals surface area contributed by atoms with Gasteiger partial charge in [0.2, 0.25) is 0 Å². The molecule has 1 atom stereocenters. The Bertz CT molecular complexity index is 1050. The van der Waals surface area contributed by atoms with E-state index in [1.165, 1.54) is 0 Å². The summed E-state index contributed by atoms with van der Waals surface area (Å²) in [5.74, 6) is 0.469. The number of aliphatic imine (C=N–C) groups is 1. The van der Waals surface area contributed by atoms with Crippen LogP contribution in [0.1, 0.15) is 18.1 Å². The number of ether oxygens (including phenoxy) is 2. The van der Waals surface area contributed by atoms with Gasteiger partial charge < -0.3 is 25.2 Å². The van der Waals surface area contributed by atoms with Crippen molar-refractivity contribution in [2.45, 2.75) is 25.9 Å². The van der Waals surface area contributed by atoms with Gasteiger partial charge in [-0.1, -0.05) is 42.5 Å². The zero-order valence-electron chi connectivity index (χ0n) is 19.5. The van der Waals surface area contributed by atoms with Crippen molar-refractivity contribution in [3.63, 3.8) is 0 Å². The average Bonchev–Trinajstić information content (AvgIpc) is 2.86. The van der Waals surface area contributed by atoms with Gasteiger partial charge in [-0.15, -0.1) is 0 Å². The number of aliphatic carboxylic acids is 1. The summed E-state index contributed by atoms with van der Waals surface area (Å²) in [6.45, 7) is 2.70. The second kappa shape index (κ2) is 13.0. The first-order chi connectivity index (χ1) is 16.6. The number of benzene rings is 3. The summed E-state index contributed by atoms with van der Waals surface area (Å²) < 4.78 is 11.1. The quantitative estimate of drug-likeness (QED) is 0.279. The highest BCUT2D eigenvalue weighted by molar-refractivity contribution is 6.03. The predicted molar refractivity (Wildman–Crippen MR) is 136 cm³/mol. The molecule has 7 nitrogen and oxygen atoms in total. The van der Waals surface area contributed by atoms with Crippen LogP contribution in [0.15, 0.2) is 83.9 Å². The summed E-state index contributed by atoms with van der Waals surface area (Å²) in [5.41, 5.74) is 3.96. The molecular formula is C27H31N3O4. The van der Waals surface area contributed by atoms with Crippen molar-refractivity contribution in [1.29, 1.82) is 0 Å². The van der Waals surface area contributed by atoms with Crippen molar-refractivity contribution < 1.29 is 19.4 Å². The molecule has 0 aromatic heterocycles. The molecule has 3 N–H and O–H groups in total. The van der Waals surface area contributed by atoms with Gasteiger partial charge in [-0.2, -0.15) is 0 Å². The molecule has 0 spiro atoms. The van der Waals surface area contributed by atoms with E-state index in [-0.39, 0.29) is 0 Å². The molecule has 7 heteroatoms. The van der Waals surface area contributed by atoms with Gasteiger partial charge in [0.1, 0.15) is 5.75 Å². The van der Waals surface area contributed by atoms with Gasteiger partial charge in [-0.25, -0.2) is 4.79 Å². The smallest absolute Gasteiger partial charge is 0.333 e. The van der Waals surface area contributed by atoms with Crippen molar-refractivity contribution in [2.24, 2.45) is 4.99 Å². The molecule has 34 heavy (non-hydrogen) atoms. The first kappa shape index (κ1) is 24.8. The number of para-hydroxylation sites is 1. The van der Waals surface area contributed by atoms with Gasteiger partial charge in [0.05, 0.1) is 6.61 Å². The lowest BCUT2D eigenvalue weighted by molar-refractivity contribution is -0.149. The minimum Gasteiger partial charge on any atom is -0.493 e. The highest BCUT2D eigenvalue weighted by Crippen LogP contribution is 2.16. The Morgan fingerprint density at radius 1 is 0.912 bits per heavy atom. The minimum atomic E-state index is -0.950. The lowest BCUT2D eigenvalue weighted by atomic mass is 10.1. The number of carbonyl (C=O) groups is 1. The van der Waals surface area contributed by atoms with Gasteiger partial charge in [0.15, 0.2) is 12.1 Å². The minimum absolute atomic E-state index is 0.329. The number of hydrogen-bond donors (Lipinski definition) is 3. The van der Waals surface area contributed by atoms with Gasteiger partial charge in [-0.05, 0) is 54.4 Å². The molecule has 178 valence electrons. The van der Waals surface area contributed by atoms with Crippen molar-refractivity contribution >= 4 is 23.3 Å². The summed E-state index contributed by atoms with van der Waals surface area (Å²) in [6.07, 6.45) is 0.266. The van der Waals surface area contributed by atoms with Crippen LogP contribution in [0.4, 0.5) is 11.4 Å². The number of carboxylic acid groups (broad SMARTS) is 1. The number of carboxylic acids is 1. The van der Waals surface area contributed by atoms with E-state index in [0.717, 1.165) is 34.7 Å². The number of nitrogens with zero attached hydrogens (tertiary/aromatic N) is 1. The maximum Gasteiger partial charge on any atom is 0.333 e. The Morgan fingerprint density at radius 2 is 1.53 bits per heavy atom. The lowest BCUT2D eigenvalue weighted by Gasteiger charge is -2.13. The second-order valence-electron chi connectivity index (χ2n) is 7.61. The summed E-state index contributed by atoms with van der Waals surface area (Å²) >= 11 is 0. The van der Waals surface area contributed by atoms with Gasteiger partial charge in [0, 0.05) is 37.9 Å². The molecule has 0 aliphatic heterocycles. The molecule has 3 aromatic rings. The first-order valence-electron chi connectivity index (χ1n) is 11.3.